The van der Waals surface area contributed by atoms with Gasteiger partial charge >= 0.3 is 5.97 Å². The predicted octanol–water partition coefficient (Wildman–Crippen LogP) is 4.01. The molecule has 0 bridgehead atoms. The van der Waals surface area contributed by atoms with E-state index < -0.39 is 0 Å². The smallest absolute Gasteiger partial charge is 0.340 e. The molecule has 110 valence electrons. The molecular weight excluding hydrogens is 250 g/mol. The minimum absolute atomic E-state index is 0.0569. The lowest BCUT2D eigenvalue weighted by Gasteiger charge is -2.28. The van der Waals surface area contributed by atoms with Crippen LogP contribution in [0.1, 0.15) is 60.5 Å². The van der Waals surface area contributed by atoms with Crippen LogP contribution in [-0.2, 0) is 4.74 Å². The van der Waals surface area contributed by atoms with Crippen LogP contribution in [0.4, 0.5) is 5.69 Å². The average Bonchev–Trinajstić information content (AvgIpc) is 2.43. The highest BCUT2D eigenvalue weighted by Gasteiger charge is 2.25. The summed E-state index contributed by atoms with van der Waals surface area (Å²) >= 11 is 0. The van der Waals surface area contributed by atoms with E-state index in [2.05, 4.69) is 6.92 Å². The van der Waals surface area contributed by atoms with Gasteiger partial charge in [-0.1, -0.05) is 25.8 Å². The Hall–Kier alpha value is -1.51. The fourth-order valence-corrected chi connectivity index (χ4v) is 3.08. The number of esters is 1. The molecule has 2 unspecified atom stereocenters. The van der Waals surface area contributed by atoms with Crippen molar-refractivity contribution in [2.75, 3.05) is 5.73 Å². The summed E-state index contributed by atoms with van der Waals surface area (Å²) in [6, 6.07) is 3.81. The molecule has 0 aliphatic heterocycles. The first-order chi connectivity index (χ1) is 9.51. The van der Waals surface area contributed by atoms with Gasteiger partial charge in [0.2, 0.25) is 0 Å². The maximum atomic E-state index is 12.3. The SMILES string of the molecule is CCC1CCCC(OC(=O)c2cc(C)cc(C)c2N)C1. The van der Waals surface area contributed by atoms with Gasteiger partial charge in [-0.2, -0.15) is 0 Å². The number of carbonyl (C=O) groups excluding carboxylic acids is 1. The Morgan fingerprint density at radius 1 is 1.35 bits per heavy atom. The number of nitrogens with two attached hydrogens (primary N) is 1. The summed E-state index contributed by atoms with van der Waals surface area (Å²) in [5.41, 5.74) is 9.05. The Kier molecular flexibility index (Phi) is 4.69. The van der Waals surface area contributed by atoms with Crippen molar-refractivity contribution in [1.82, 2.24) is 0 Å². The van der Waals surface area contributed by atoms with E-state index in [0.29, 0.717) is 17.2 Å². The van der Waals surface area contributed by atoms with Crippen LogP contribution < -0.4 is 5.73 Å². The van der Waals surface area contributed by atoms with Crippen LogP contribution in [0.15, 0.2) is 12.1 Å². The number of nitrogen functional groups attached to an aromatic ring is 1. The third kappa shape index (κ3) is 3.33. The lowest BCUT2D eigenvalue weighted by molar-refractivity contribution is 0.0141. The van der Waals surface area contributed by atoms with Crippen LogP contribution in [0.5, 0.6) is 0 Å². The monoisotopic (exact) mass is 275 g/mol. The highest BCUT2D eigenvalue weighted by atomic mass is 16.5. The van der Waals surface area contributed by atoms with Crippen LogP contribution in [0, 0.1) is 19.8 Å². The van der Waals surface area contributed by atoms with Crippen LogP contribution in [-0.4, -0.2) is 12.1 Å². The molecule has 1 fully saturated rings. The Labute approximate surface area is 121 Å². The van der Waals surface area contributed by atoms with Gasteiger partial charge in [-0.05, 0) is 56.2 Å². The molecule has 3 nitrogen and oxygen atoms in total. The molecule has 0 spiro atoms. The van der Waals surface area contributed by atoms with E-state index in [9.17, 15) is 4.79 Å². The molecule has 1 saturated carbocycles. The van der Waals surface area contributed by atoms with Gasteiger partial charge in [-0.25, -0.2) is 4.79 Å². The molecule has 0 aromatic heterocycles. The molecule has 1 aliphatic rings. The molecular formula is C17H25NO2. The van der Waals surface area contributed by atoms with Gasteiger partial charge < -0.3 is 10.5 Å². The van der Waals surface area contributed by atoms with Gasteiger partial charge in [0.05, 0.1) is 5.56 Å². The largest absolute Gasteiger partial charge is 0.459 e. The van der Waals surface area contributed by atoms with E-state index >= 15 is 0 Å². The number of hydrogen-bond donors (Lipinski definition) is 1. The Morgan fingerprint density at radius 3 is 2.80 bits per heavy atom. The molecule has 3 heteroatoms. The predicted molar refractivity (Wildman–Crippen MR) is 81.8 cm³/mol. The molecule has 2 atom stereocenters. The Balaban J connectivity index is 2.08. The molecule has 20 heavy (non-hydrogen) atoms. The van der Waals surface area contributed by atoms with Gasteiger partial charge in [0.25, 0.3) is 0 Å². The second-order valence-electron chi connectivity index (χ2n) is 6.01. The van der Waals surface area contributed by atoms with Crippen LogP contribution >= 0.6 is 0 Å². The summed E-state index contributed by atoms with van der Waals surface area (Å²) in [5.74, 6) is 0.425. The van der Waals surface area contributed by atoms with Gasteiger partial charge in [0, 0.05) is 5.69 Å². The van der Waals surface area contributed by atoms with Gasteiger partial charge in [-0.15, -0.1) is 0 Å². The fraction of sp³-hybridized carbons (Fsp3) is 0.588. The average molecular weight is 275 g/mol. The zero-order chi connectivity index (χ0) is 14.7. The zero-order valence-corrected chi connectivity index (χ0v) is 12.7. The summed E-state index contributed by atoms with van der Waals surface area (Å²) in [6.45, 7) is 6.10. The maximum Gasteiger partial charge on any atom is 0.340 e. The number of rotatable bonds is 3. The highest BCUT2D eigenvalue weighted by molar-refractivity contribution is 5.96. The van der Waals surface area contributed by atoms with E-state index in [1.54, 1.807) is 0 Å². The summed E-state index contributed by atoms with van der Waals surface area (Å²) in [5, 5.41) is 0. The second kappa shape index (κ2) is 6.29. The lowest BCUT2D eigenvalue weighted by atomic mass is 9.85. The minimum Gasteiger partial charge on any atom is -0.459 e. The van der Waals surface area contributed by atoms with Crippen molar-refractivity contribution in [1.29, 1.82) is 0 Å². The van der Waals surface area contributed by atoms with Crippen LogP contribution in [0.3, 0.4) is 0 Å². The Bertz CT molecular complexity index is 496. The van der Waals surface area contributed by atoms with Gasteiger partial charge in [0.15, 0.2) is 0 Å². The van der Waals surface area contributed by atoms with Crippen molar-refractivity contribution in [2.45, 2.75) is 59.0 Å². The van der Waals surface area contributed by atoms with Crippen LogP contribution in [0.2, 0.25) is 0 Å². The van der Waals surface area contributed by atoms with Gasteiger partial charge in [-0.3, -0.25) is 0 Å². The molecule has 0 saturated heterocycles. The van der Waals surface area contributed by atoms with Crippen molar-refractivity contribution in [3.63, 3.8) is 0 Å². The van der Waals surface area contributed by atoms with Crippen molar-refractivity contribution in [2.24, 2.45) is 5.92 Å². The van der Waals surface area contributed by atoms with Crippen molar-refractivity contribution in [3.05, 3.63) is 28.8 Å². The van der Waals surface area contributed by atoms with Crippen molar-refractivity contribution >= 4 is 11.7 Å². The number of benzene rings is 1. The number of hydrogen-bond acceptors (Lipinski definition) is 3. The number of carbonyl (C=O) groups is 1. The van der Waals surface area contributed by atoms with Crippen molar-refractivity contribution in [3.8, 4) is 0 Å². The quantitative estimate of drug-likeness (QED) is 0.669. The number of aryl methyl sites for hydroxylation is 2. The molecule has 1 aliphatic carbocycles. The minimum atomic E-state index is -0.268. The summed E-state index contributed by atoms with van der Waals surface area (Å²) in [7, 11) is 0. The molecule has 0 amide bonds. The maximum absolute atomic E-state index is 12.3. The van der Waals surface area contributed by atoms with E-state index in [-0.39, 0.29) is 12.1 Å². The summed E-state index contributed by atoms with van der Waals surface area (Å²) in [4.78, 5) is 12.3. The van der Waals surface area contributed by atoms with E-state index in [1.807, 2.05) is 26.0 Å². The first kappa shape index (κ1) is 14.9. The first-order valence-electron chi connectivity index (χ1n) is 7.59. The summed E-state index contributed by atoms with van der Waals surface area (Å²) in [6.07, 6.45) is 5.61. The third-order valence-electron chi connectivity index (χ3n) is 4.34. The van der Waals surface area contributed by atoms with Crippen LogP contribution in [0.25, 0.3) is 0 Å². The molecule has 1 aromatic rings. The van der Waals surface area contributed by atoms with E-state index in [1.165, 1.54) is 12.8 Å². The molecule has 2 N–H and O–H groups in total. The van der Waals surface area contributed by atoms with Gasteiger partial charge in [0.1, 0.15) is 6.10 Å². The standard InChI is InChI=1S/C17H25NO2/c1-4-13-6-5-7-14(10-13)20-17(19)15-9-11(2)8-12(3)16(15)18/h8-9,13-14H,4-7,10,18H2,1-3H3. The molecule has 0 heterocycles. The zero-order valence-electron chi connectivity index (χ0n) is 12.7. The van der Waals surface area contributed by atoms with E-state index in [4.69, 9.17) is 10.5 Å². The number of ether oxygens (including phenoxy) is 1. The fourth-order valence-electron chi connectivity index (χ4n) is 3.08. The second-order valence-corrected chi connectivity index (χ2v) is 6.01. The van der Waals surface area contributed by atoms with Crippen molar-refractivity contribution < 1.29 is 9.53 Å². The lowest BCUT2D eigenvalue weighted by Crippen LogP contribution is -2.26. The first-order valence-corrected chi connectivity index (χ1v) is 7.59. The number of anilines is 1. The highest BCUT2D eigenvalue weighted by Crippen LogP contribution is 2.29. The molecule has 1 aromatic carbocycles. The van der Waals surface area contributed by atoms with E-state index in [0.717, 1.165) is 30.4 Å². The third-order valence-corrected chi connectivity index (χ3v) is 4.34. The Morgan fingerprint density at radius 2 is 2.10 bits per heavy atom. The topological polar surface area (TPSA) is 52.3 Å². The summed E-state index contributed by atoms with van der Waals surface area (Å²) < 4.78 is 5.68. The normalized spacial score (nSPS) is 22.6. The molecule has 2 rings (SSSR count). The molecule has 0 radical (unpaired) electrons.